The third-order valence-electron chi connectivity index (χ3n) is 7.53. The number of para-hydroxylation sites is 1. The molecule has 3 fully saturated rings. The van der Waals surface area contributed by atoms with E-state index in [1.54, 1.807) is 0 Å². The fourth-order valence-corrected chi connectivity index (χ4v) is 5.84. The second-order valence-corrected chi connectivity index (χ2v) is 16.7. The monoisotopic (exact) mass is 523 g/mol. The number of fused-ring (bicyclic) bond motifs is 1. The molecule has 2 aliphatic heterocycles. The third-order valence-corrected chi connectivity index (χ3v) is 12.7. The van der Waals surface area contributed by atoms with Gasteiger partial charge in [-0.25, -0.2) is 0 Å². The first-order valence-corrected chi connectivity index (χ1v) is 15.5. The van der Waals surface area contributed by atoms with Gasteiger partial charge in [0.2, 0.25) is 0 Å². The smallest absolute Gasteiger partial charge is 0.192 e. The van der Waals surface area contributed by atoms with Crippen molar-refractivity contribution in [3.8, 4) is 5.75 Å². The maximum absolute atomic E-state index is 6.55. The van der Waals surface area contributed by atoms with Crippen LogP contribution >= 0.6 is 15.9 Å². The first kappa shape index (κ1) is 24.3. The van der Waals surface area contributed by atoms with Crippen LogP contribution in [0.5, 0.6) is 5.75 Å². The zero-order valence-electron chi connectivity index (χ0n) is 20.3. The molecule has 1 aliphatic carbocycles. The van der Waals surface area contributed by atoms with E-state index in [-0.39, 0.29) is 29.2 Å². The van der Waals surface area contributed by atoms with E-state index in [0.29, 0.717) is 19.1 Å². The van der Waals surface area contributed by atoms with Crippen LogP contribution in [0.25, 0.3) is 0 Å². The molecule has 1 aromatic carbocycles. The molecular formula is C25H38BrNO4Si. The predicted molar refractivity (Wildman–Crippen MR) is 133 cm³/mol. The van der Waals surface area contributed by atoms with Crippen molar-refractivity contribution in [2.24, 2.45) is 11.8 Å². The second kappa shape index (κ2) is 9.06. The second-order valence-electron chi connectivity index (χ2n) is 11.1. The number of nitrogens with zero attached hydrogens (tertiary/aromatic N) is 1. The number of hydrogen-bond donors (Lipinski definition) is 0. The highest BCUT2D eigenvalue weighted by Gasteiger charge is 2.54. The summed E-state index contributed by atoms with van der Waals surface area (Å²) in [6, 6.07) is 6.23. The number of hydrogen-bond acceptors (Lipinski definition) is 5. The third kappa shape index (κ3) is 4.97. The van der Waals surface area contributed by atoms with Gasteiger partial charge in [0.05, 0.1) is 30.1 Å². The maximum atomic E-state index is 6.55. The lowest BCUT2D eigenvalue weighted by atomic mass is 9.92. The standard InChI is InChI=1S/C25H38BrNO4Si/c1-16-22-21(15-29-32(6,7)25(3,4)5)31-27(23(22)17(2)30-16)13-19-9-8-10-20(26)24(19)28-14-18-11-12-18/h8-10,16,18,21-23H,2,11-15H2,1,3-7H3/t16-,21-,22+,23+/m0/s1. The molecule has 0 amide bonds. The molecule has 0 radical (unpaired) electrons. The molecule has 0 N–H and O–H groups in total. The lowest BCUT2D eigenvalue weighted by Gasteiger charge is -2.37. The molecule has 0 aromatic heterocycles. The Morgan fingerprint density at radius 1 is 1.22 bits per heavy atom. The van der Waals surface area contributed by atoms with E-state index in [9.17, 15) is 0 Å². The zero-order valence-corrected chi connectivity index (χ0v) is 22.9. The Bertz CT molecular complexity index is 851. The summed E-state index contributed by atoms with van der Waals surface area (Å²) >= 11 is 3.68. The van der Waals surface area contributed by atoms with Gasteiger partial charge >= 0.3 is 0 Å². The van der Waals surface area contributed by atoms with Crippen LogP contribution in [-0.4, -0.2) is 44.8 Å². The fraction of sp³-hybridized carbons (Fsp3) is 0.680. The van der Waals surface area contributed by atoms with Crippen molar-refractivity contribution in [1.82, 2.24) is 5.06 Å². The molecule has 32 heavy (non-hydrogen) atoms. The summed E-state index contributed by atoms with van der Waals surface area (Å²) in [4.78, 5) is 6.53. The van der Waals surface area contributed by atoms with E-state index in [4.69, 9.17) is 18.7 Å². The Kier molecular flexibility index (Phi) is 6.87. The van der Waals surface area contributed by atoms with Gasteiger partial charge in [-0.05, 0) is 65.8 Å². The summed E-state index contributed by atoms with van der Waals surface area (Å²) in [6.45, 7) is 19.7. The van der Waals surface area contributed by atoms with E-state index in [1.165, 1.54) is 12.8 Å². The number of benzene rings is 1. The largest absolute Gasteiger partial charge is 0.493 e. The van der Waals surface area contributed by atoms with Crippen LogP contribution in [0.1, 0.15) is 46.1 Å². The molecule has 4 rings (SSSR count). The van der Waals surface area contributed by atoms with E-state index in [2.05, 4.69) is 75.4 Å². The van der Waals surface area contributed by atoms with Crippen LogP contribution < -0.4 is 4.74 Å². The average Bonchev–Trinajstić information content (AvgIpc) is 3.37. The van der Waals surface area contributed by atoms with Crippen molar-refractivity contribution < 1.29 is 18.7 Å². The Morgan fingerprint density at radius 3 is 2.59 bits per heavy atom. The van der Waals surface area contributed by atoms with Gasteiger partial charge in [-0.3, -0.25) is 4.84 Å². The van der Waals surface area contributed by atoms with Gasteiger partial charge in [-0.15, -0.1) is 0 Å². The Morgan fingerprint density at radius 2 is 1.94 bits per heavy atom. The van der Waals surface area contributed by atoms with Crippen LogP contribution in [0.3, 0.4) is 0 Å². The molecule has 5 nitrogen and oxygen atoms in total. The predicted octanol–water partition coefficient (Wildman–Crippen LogP) is 6.29. The lowest BCUT2D eigenvalue weighted by Crippen LogP contribution is -2.44. The Hall–Kier alpha value is -0.863. The molecule has 0 unspecified atom stereocenters. The van der Waals surface area contributed by atoms with Gasteiger partial charge in [0, 0.05) is 5.56 Å². The van der Waals surface area contributed by atoms with Crippen LogP contribution in [0.15, 0.2) is 35.0 Å². The molecular weight excluding hydrogens is 486 g/mol. The first-order chi connectivity index (χ1) is 15.0. The minimum absolute atomic E-state index is 0.0216. The summed E-state index contributed by atoms with van der Waals surface area (Å²) in [7, 11) is -1.87. The van der Waals surface area contributed by atoms with Crippen molar-refractivity contribution in [1.29, 1.82) is 0 Å². The number of rotatable bonds is 8. The molecule has 2 heterocycles. The van der Waals surface area contributed by atoms with Crippen LogP contribution in [0, 0.1) is 11.8 Å². The molecule has 7 heteroatoms. The maximum Gasteiger partial charge on any atom is 0.192 e. The van der Waals surface area contributed by atoms with E-state index >= 15 is 0 Å². The normalized spacial score (nSPS) is 28.7. The quantitative estimate of drug-likeness (QED) is 0.374. The zero-order chi connectivity index (χ0) is 23.3. The van der Waals surface area contributed by atoms with Crippen molar-refractivity contribution in [2.75, 3.05) is 13.2 Å². The average molecular weight is 525 g/mol. The van der Waals surface area contributed by atoms with Gasteiger partial charge in [0.1, 0.15) is 29.8 Å². The molecule has 1 saturated carbocycles. The highest BCUT2D eigenvalue weighted by Crippen LogP contribution is 2.45. The summed E-state index contributed by atoms with van der Waals surface area (Å²) in [6.07, 6.45) is 2.54. The number of halogens is 1. The summed E-state index contributed by atoms with van der Waals surface area (Å²) < 4.78 is 19.8. The van der Waals surface area contributed by atoms with E-state index in [1.807, 2.05) is 11.1 Å². The van der Waals surface area contributed by atoms with E-state index in [0.717, 1.165) is 28.2 Å². The van der Waals surface area contributed by atoms with Crippen molar-refractivity contribution in [3.63, 3.8) is 0 Å². The van der Waals surface area contributed by atoms with E-state index < -0.39 is 8.32 Å². The summed E-state index contributed by atoms with van der Waals surface area (Å²) in [5.74, 6) is 2.60. The van der Waals surface area contributed by atoms with Crippen molar-refractivity contribution in [3.05, 3.63) is 40.6 Å². The molecule has 178 valence electrons. The van der Waals surface area contributed by atoms with Crippen LogP contribution in [0.4, 0.5) is 0 Å². The lowest BCUT2D eigenvalue weighted by molar-refractivity contribution is -0.181. The topological polar surface area (TPSA) is 40.2 Å². The SMILES string of the molecule is C=C1O[C@@H](C)[C@@H]2[C@H](CO[Si](C)(C)C(C)(C)C)ON(Cc3cccc(Br)c3OCC3CC3)[C@H]12. The van der Waals surface area contributed by atoms with Crippen molar-refractivity contribution >= 4 is 24.2 Å². The van der Waals surface area contributed by atoms with Gasteiger partial charge < -0.3 is 13.9 Å². The van der Waals surface area contributed by atoms with Crippen molar-refractivity contribution in [2.45, 2.75) is 83.5 Å². The summed E-state index contributed by atoms with van der Waals surface area (Å²) in [5, 5.41) is 2.21. The van der Waals surface area contributed by atoms with Crippen LogP contribution in [-0.2, 0) is 20.5 Å². The molecule has 1 aromatic rings. The molecule has 0 spiro atoms. The Labute approximate surface area is 202 Å². The van der Waals surface area contributed by atoms with Crippen LogP contribution in [0.2, 0.25) is 18.1 Å². The van der Waals surface area contributed by atoms with Gasteiger partial charge in [-0.2, -0.15) is 5.06 Å². The highest BCUT2D eigenvalue weighted by molar-refractivity contribution is 9.10. The van der Waals surface area contributed by atoms with Gasteiger partial charge in [-0.1, -0.05) is 39.5 Å². The minimum Gasteiger partial charge on any atom is -0.493 e. The summed E-state index contributed by atoms with van der Waals surface area (Å²) in [5.41, 5.74) is 1.11. The molecule has 3 aliphatic rings. The van der Waals surface area contributed by atoms with Gasteiger partial charge in [0.25, 0.3) is 0 Å². The van der Waals surface area contributed by atoms with Gasteiger partial charge in [0.15, 0.2) is 8.32 Å². The molecule has 2 saturated heterocycles. The Balaban J connectivity index is 1.51. The number of ether oxygens (including phenoxy) is 2. The molecule has 0 bridgehead atoms. The number of hydroxylamine groups is 2. The molecule has 4 atom stereocenters. The minimum atomic E-state index is -1.87. The fourth-order valence-electron chi connectivity index (χ4n) is 4.30. The highest BCUT2D eigenvalue weighted by atomic mass is 79.9. The first-order valence-electron chi connectivity index (χ1n) is 11.8.